The van der Waals surface area contributed by atoms with Crippen molar-refractivity contribution in [2.75, 3.05) is 20.3 Å². The topological polar surface area (TPSA) is 44.5 Å². The average Bonchev–Trinajstić information content (AvgIpc) is 2.25. The number of methoxy groups -OCH3 is 1. The standard InChI is InChI=1S/C12H19NO2/c1-10(13)11-5-3-6-12(9-11)15-8-4-7-14-2/h3,5-6,9-10H,4,7-8,13H2,1-2H3/t10-/m1/s1. The van der Waals surface area contributed by atoms with Gasteiger partial charge in [-0.05, 0) is 24.6 Å². The summed E-state index contributed by atoms with van der Waals surface area (Å²) in [6, 6.07) is 7.94. The molecule has 15 heavy (non-hydrogen) atoms. The molecule has 0 saturated heterocycles. The molecular formula is C12H19NO2. The first-order valence-corrected chi connectivity index (χ1v) is 5.21. The second-order valence-electron chi connectivity index (χ2n) is 3.56. The van der Waals surface area contributed by atoms with Crippen molar-refractivity contribution in [2.24, 2.45) is 5.73 Å². The van der Waals surface area contributed by atoms with E-state index >= 15 is 0 Å². The van der Waals surface area contributed by atoms with Crippen LogP contribution < -0.4 is 10.5 Å². The highest BCUT2D eigenvalue weighted by Gasteiger charge is 2.00. The first-order chi connectivity index (χ1) is 7.24. The predicted molar refractivity (Wildman–Crippen MR) is 61.0 cm³/mol. The molecular weight excluding hydrogens is 190 g/mol. The first-order valence-electron chi connectivity index (χ1n) is 5.21. The molecule has 0 spiro atoms. The van der Waals surface area contributed by atoms with Crippen molar-refractivity contribution < 1.29 is 9.47 Å². The number of rotatable bonds is 6. The maximum Gasteiger partial charge on any atom is 0.119 e. The maximum absolute atomic E-state index is 5.78. The van der Waals surface area contributed by atoms with Crippen molar-refractivity contribution in [3.63, 3.8) is 0 Å². The van der Waals surface area contributed by atoms with E-state index in [9.17, 15) is 0 Å². The lowest BCUT2D eigenvalue weighted by Gasteiger charge is -2.09. The van der Waals surface area contributed by atoms with E-state index in [1.54, 1.807) is 7.11 Å². The summed E-state index contributed by atoms with van der Waals surface area (Å²) in [4.78, 5) is 0. The number of ether oxygens (including phenoxy) is 2. The molecule has 0 amide bonds. The summed E-state index contributed by atoms with van der Waals surface area (Å²) in [7, 11) is 1.69. The smallest absolute Gasteiger partial charge is 0.119 e. The number of hydrogen-bond acceptors (Lipinski definition) is 3. The molecule has 3 nitrogen and oxygen atoms in total. The van der Waals surface area contributed by atoms with Gasteiger partial charge in [-0.3, -0.25) is 0 Å². The van der Waals surface area contributed by atoms with E-state index in [0.29, 0.717) is 6.61 Å². The first kappa shape index (κ1) is 12.0. The zero-order valence-corrected chi connectivity index (χ0v) is 9.40. The van der Waals surface area contributed by atoms with Gasteiger partial charge in [-0.25, -0.2) is 0 Å². The Morgan fingerprint density at radius 2 is 2.13 bits per heavy atom. The quantitative estimate of drug-likeness (QED) is 0.730. The second-order valence-corrected chi connectivity index (χ2v) is 3.56. The van der Waals surface area contributed by atoms with Gasteiger partial charge in [-0.2, -0.15) is 0 Å². The third kappa shape index (κ3) is 4.32. The van der Waals surface area contributed by atoms with E-state index < -0.39 is 0 Å². The van der Waals surface area contributed by atoms with Crippen molar-refractivity contribution in [1.29, 1.82) is 0 Å². The molecule has 0 aromatic heterocycles. The molecule has 0 unspecified atom stereocenters. The summed E-state index contributed by atoms with van der Waals surface area (Å²) in [6.07, 6.45) is 0.902. The third-order valence-electron chi connectivity index (χ3n) is 2.15. The summed E-state index contributed by atoms with van der Waals surface area (Å²) >= 11 is 0. The minimum Gasteiger partial charge on any atom is -0.493 e. The minimum absolute atomic E-state index is 0.0486. The van der Waals surface area contributed by atoms with Crippen LogP contribution in [0.25, 0.3) is 0 Å². The molecule has 0 heterocycles. The Kier molecular flexibility index (Phi) is 5.15. The van der Waals surface area contributed by atoms with Gasteiger partial charge in [0, 0.05) is 26.2 Å². The second kappa shape index (κ2) is 6.43. The summed E-state index contributed by atoms with van der Waals surface area (Å²) in [6.45, 7) is 3.37. The van der Waals surface area contributed by atoms with E-state index in [2.05, 4.69) is 0 Å². The van der Waals surface area contributed by atoms with Gasteiger partial charge in [-0.1, -0.05) is 12.1 Å². The van der Waals surface area contributed by atoms with Crippen molar-refractivity contribution in [1.82, 2.24) is 0 Å². The molecule has 1 rings (SSSR count). The van der Waals surface area contributed by atoms with Gasteiger partial charge >= 0.3 is 0 Å². The lowest BCUT2D eigenvalue weighted by atomic mass is 10.1. The average molecular weight is 209 g/mol. The fraction of sp³-hybridized carbons (Fsp3) is 0.500. The van der Waals surface area contributed by atoms with Crippen LogP contribution in [0.5, 0.6) is 5.75 Å². The highest BCUT2D eigenvalue weighted by atomic mass is 16.5. The van der Waals surface area contributed by atoms with Gasteiger partial charge in [0.05, 0.1) is 6.61 Å². The van der Waals surface area contributed by atoms with Gasteiger partial charge in [0.2, 0.25) is 0 Å². The van der Waals surface area contributed by atoms with Gasteiger partial charge < -0.3 is 15.2 Å². The van der Waals surface area contributed by atoms with Crippen LogP contribution in [0, 0.1) is 0 Å². The minimum atomic E-state index is 0.0486. The van der Waals surface area contributed by atoms with Crippen LogP contribution in [0.3, 0.4) is 0 Å². The molecule has 84 valence electrons. The largest absolute Gasteiger partial charge is 0.493 e. The molecule has 3 heteroatoms. The summed E-state index contributed by atoms with van der Waals surface area (Å²) in [5.41, 5.74) is 6.88. The van der Waals surface area contributed by atoms with E-state index in [1.807, 2.05) is 31.2 Å². The van der Waals surface area contributed by atoms with Crippen LogP contribution in [0.4, 0.5) is 0 Å². The fourth-order valence-electron chi connectivity index (χ4n) is 1.28. The Hall–Kier alpha value is -1.06. The summed E-state index contributed by atoms with van der Waals surface area (Å²) in [5.74, 6) is 0.876. The monoisotopic (exact) mass is 209 g/mol. The normalized spacial score (nSPS) is 12.5. The molecule has 0 aliphatic heterocycles. The Balaban J connectivity index is 2.43. The Morgan fingerprint density at radius 1 is 1.33 bits per heavy atom. The molecule has 0 fully saturated rings. The number of nitrogens with two attached hydrogens (primary N) is 1. The molecule has 0 bridgehead atoms. The molecule has 0 saturated carbocycles. The molecule has 0 aliphatic carbocycles. The van der Waals surface area contributed by atoms with E-state index in [4.69, 9.17) is 15.2 Å². The number of benzene rings is 1. The van der Waals surface area contributed by atoms with Crippen molar-refractivity contribution in [3.05, 3.63) is 29.8 Å². The Bertz CT molecular complexity index is 287. The molecule has 0 radical (unpaired) electrons. The molecule has 2 N–H and O–H groups in total. The van der Waals surface area contributed by atoms with Crippen molar-refractivity contribution >= 4 is 0 Å². The maximum atomic E-state index is 5.78. The highest BCUT2D eigenvalue weighted by molar-refractivity contribution is 5.30. The van der Waals surface area contributed by atoms with Crippen molar-refractivity contribution in [2.45, 2.75) is 19.4 Å². The third-order valence-corrected chi connectivity index (χ3v) is 2.15. The molecule has 0 aliphatic rings. The molecule has 1 aromatic rings. The van der Waals surface area contributed by atoms with Crippen LogP contribution >= 0.6 is 0 Å². The zero-order valence-electron chi connectivity index (χ0n) is 9.40. The van der Waals surface area contributed by atoms with Crippen LogP contribution in [0.15, 0.2) is 24.3 Å². The van der Waals surface area contributed by atoms with E-state index in [0.717, 1.165) is 24.3 Å². The molecule has 1 aromatic carbocycles. The zero-order chi connectivity index (χ0) is 11.1. The van der Waals surface area contributed by atoms with Gasteiger partial charge in [0.25, 0.3) is 0 Å². The van der Waals surface area contributed by atoms with E-state index in [-0.39, 0.29) is 6.04 Å². The van der Waals surface area contributed by atoms with Crippen LogP contribution in [-0.4, -0.2) is 20.3 Å². The fourth-order valence-corrected chi connectivity index (χ4v) is 1.28. The number of hydrogen-bond donors (Lipinski definition) is 1. The van der Waals surface area contributed by atoms with Gasteiger partial charge in [0.1, 0.15) is 5.75 Å². The van der Waals surface area contributed by atoms with Gasteiger partial charge in [0.15, 0.2) is 0 Å². The van der Waals surface area contributed by atoms with Crippen molar-refractivity contribution in [3.8, 4) is 5.75 Å². The van der Waals surface area contributed by atoms with Gasteiger partial charge in [-0.15, -0.1) is 0 Å². The van der Waals surface area contributed by atoms with Crippen LogP contribution in [-0.2, 0) is 4.74 Å². The highest BCUT2D eigenvalue weighted by Crippen LogP contribution is 2.17. The Labute approximate surface area is 91.2 Å². The van der Waals surface area contributed by atoms with Crippen LogP contribution in [0.1, 0.15) is 24.9 Å². The Morgan fingerprint density at radius 3 is 2.80 bits per heavy atom. The summed E-state index contributed by atoms with van der Waals surface area (Å²) in [5, 5.41) is 0. The summed E-state index contributed by atoms with van der Waals surface area (Å²) < 4.78 is 10.5. The lowest BCUT2D eigenvalue weighted by molar-refractivity contribution is 0.172. The lowest BCUT2D eigenvalue weighted by Crippen LogP contribution is -2.06. The molecule has 1 atom stereocenters. The van der Waals surface area contributed by atoms with Crippen LogP contribution in [0.2, 0.25) is 0 Å². The predicted octanol–water partition coefficient (Wildman–Crippen LogP) is 2.12. The SMILES string of the molecule is COCCCOc1cccc([C@@H](C)N)c1. The van der Waals surface area contributed by atoms with E-state index in [1.165, 1.54) is 0 Å².